The summed E-state index contributed by atoms with van der Waals surface area (Å²) in [5, 5.41) is 18.3. The molecule has 1 atom stereocenters. The van der Waals surface area contributed by atoms with E-state index in [9.17, 15) is 10.0 Å². The van der Waals surface area contributed by atoms with Crippen molar-refractivity contribution in [2.75, 3.05) is 6.61 Å². The molecule has 0 saturated carbocycles. The van der Waals surface area contributed by atoms with Gasteiger partial charge in [-0.05, 0) is 53.5 Å². The molecular weight excluding hydrogens is 258 g/mol. The van der Waals surface area contributed by atoms with Crippen LogP contribution in [-0.4, -0.2) is 22.0 Å². The number of fused-ring (bicyclic) bond motifs is 1. The van der Waals surface area contributed by atoms with Crippen molar-refractivity contribution in [2.45, 2.75) is 46.6 Å². The molecule has 20 heavy (non-hydrogen) atoms. The predicted molar refractivity (Wildman–Crippen MR) is 73.4 cm³/mol. The highest BCUT2D eigenvalue weighted by molar-refractivity contribution is 5.49. The van der Waals surface area contributed by atoms with Crippen molar-refractivity contribution in [3.8, 4) is 0 Å². The molecule has 1 aliphatic rings. The summed E-state index contributed by atoms with van der Waals surface area (Å²) in [6.07, 6.45) is 0.965. The molecule has 5 nitrogen and oxygen atoms in total. The molecule has 0 heterocycles. The second-order valence-corrected chi connectivity index (χ2v) is 6.25. The van der Waals surface area contributed by atoms with E-state index in [0.717, 1.165) is 28.7 Å². The quantitative estimate of drug-likeness (QED) is 0.832. The van der Waals surface area contributed by atoms with Crippen molar-refractivity contribution in [1.29, 1.82) is 0 Å². The molecule has 0 aromatic heterocycles. The summed E-state index contributed by atoms with van der Waals surface area (Å²) in [5.41, 5.74) is 5.43. The van der Waals surface area contributed by atoms with E-state index in [1.807, 2.05) is 19.9 Å². The van der Waals surface area contributed by atoms with Gasteiger partial charge < -0.3 is 5.11 Å². The van der Waals surface area contributed by atoms with Crippen LogP contribution in [0.5, 0.6) is 0 Å². The maximum atomic E-state index is 10.4. The number of hydrogen-bond donors (Lipinski definition) is 2. The van der Waals surface area contributed by atoms with E-state index in [1.54, 1.807) is 0 Å². The third-order valence-electron chi connectivity index (χ3n) is 4.32. The van der Waals surface area contributed by atoms with Gasteiger partial charge in [0.1, 0.15) is 4.91 Å². The van der Waals surface area contributed by atoms with Gasteiger partial charge in [-0.2, -0.15) is 4.84 Å². The zero-order chi connectivity index (χ0) is 15.1. The van der Waals surface area contributed by atoms with Crippen LogP contribution in [0.15, 0.2) is 6.07 Å². The third-order valence-corrected chi connectivity index (χ3v) is 4.32. The molecule has 110 valence electrons. The van der Waals surface area contributed by atoms with E-state index < -0.39 is 11.2 Å². The fourth-order valence-electron chi connectivity index (χ4n) is 3.16. The fourth-order valence-corrected chi connectivity index (χ4v) is 3.16. The Labute approximate surface area is 118 Å². The second-order valence-electron chi connectivity index (χ2n) is 6.25. The number of aliphatic hydroxyl groups is 1. The van der Waals surface area contributed by atoms with E-state index in [-0.39, 0.29) is 12.0 Å². The lowest BCUT2D eigenvalue weighted by atomic mass is 9.87. The van der Waals surface area contributed by atoms with Gasteiger partial charge in [-0.1, -0.05) is 19.9 Å². The zero-order valence-corrected chi connectivity index (χ0v) is 12.4. The molecule has 2 N–H and O–H groups in total. The summed E-state index contributed by atoms with van der Waals surface area (Å²) in [7, 11) is 0. The first kappa shape index (κ1) is 14.8. The number of benzene rings is 1. The third kappa shape index (κ3) is 2.50. The van der Waals surface area contributed by atoms with Crippen molar-refractivity contribution >= 4 is 0 Å². The van der Waals surface area contributed by atoms with Crippen LogP contribution in [0.3, 0.4) is 0 Å². The molecule has 1 aromatic rings. The molecule has 0 fully saturated rings. The lowest BCUT2D eigenvalue weighted by Gasteiger charge is -2.22. The van der Waals surface area contributed by atoms with Gasteiger partial charge in [0.05, 0.1) is 6.10 Å². The maximum absolute atomic E-state index is 10.4. The van der Waals surface area contributed by atoms with Gasteiger partial charge in [0, 0.05) is 6.42 Å². The molecular formula is C15H22NO4+. The lowest BCUT2D eigenvalue weighted by Crippen LogP contribution is -2.16. The highest BCUT2D eigenvalue weighted by atomic mass is 16.9. The fraction of sp³-hybridized carbons (Fsp3) is 0.600. The molecule has 1 aromatic carbocycles. The van der Waals surface area contributed by atoms with Crippen molar-refractivity contribution < 1.29 is 20.2 Å². The van der Waals surface area contributed by atoms with E-state index in [4.69, 9.17) is 5.21 Å². The monoisotopic (exact) mass is 280 g/mol. The smallest absolute Gasteiger partial charge is 0.388 e. The maximum Gasteiger partial charge on any atom is 0.475 e. The average molecular weight is 280 g/mol. The summed E-state index contributed by atoms with van der Waals surface area (Å²) >= 11 is 0. The van der Waals surface area contributed by atoms with Crippen molar-refractivity contribution in [3.63, 3.8) is 0 Å². The Hall–Kier alpha value is -1.62. The van der Waals surface area contributed by atoms with Crippen LogP contribution in [0, 0.1) is 24.2 Å². The number of rotatable bonds is 4. The van der Waals surface area contributed by atoms with Gasteiger partial charge in [0.2, 0.25) is 0 Å². The van der Waals surface area contributed by atoms with E-state index >= 15 is 0 Å². The summed E-state index contributed by atoms with van der Waals surface area (Å²) in [6, 6.07) is 2.03. The van der Waals surface area contributed by atoms with Crippen LogP contribution in [0.25, 0.3) is 0 Å². The van der Waals surface area contributed by atoms with E-state index in [0.29, 0.717) is 6.42 Å². The highest BCUT2D eigenvalue weighted by Crippen LogP contribution is 2.47. The number of aliphatic hydroxyl groups excluding tert-OH is 1. The topological polar surface area (TPSA) is 69.8 Å². The summed E-state index contributed by atoms with van der Waals surface area (Å²) in [4.78, 5) is 14.9. The molecule has 0 amide bonds. The lowest BCUT2D eigenvalue weighted by molar-refractivity contribution is -0.975. The Morgan fingerprint density at radius 3 is 2.70 bits per heavy atom. The van der Waals surface area contributed by atoms with Crippen LogP contribution in [0.2, 0.25) is 0 Å². The second kappa shape index (κ2) is 5.05. The van der Waals surface area contributed by atoms with Gasteiger partial charge >= 0.3 is 5.09 Å². The Balaban J connectivity index is 2.32. The molecule has 0 aliphatic heterocycles. The van der Waals surface area contributed by atoms with Gasteiger partial charge in [0.15, 0.2) is 6.61 Å². The molecule has 2 rings (SSSR count). The molecule has 1 aliphatic carbocycles. The Kier molecular flexibility index (Phi) is 3.73. The number of aryl methyl sites for hydroxylation is 1. The van der Waals surface area contributed by atoms with E-state index in [2.05, 4.69) is 18.7 Å². The Morgan fingerprint density at radius 2 is 2.10 bits per heavy atom. The van der Waals surface area contributed by atoms with Crippen molar-refractivity contribution in [1.82, 2.24) is 0 Å². The van der Waals surface area contributed by atoms with Crippen LogP contribution in [0.4, 0.5) is 0 Å². The molecule has 0 spiro atoms. The minimum atomic E-state index is -0.509. The summed E-state index contributed by atoms with van der Waals surface area (Å²) in [5.74, 6) is 0. The first-order chi connectivity index (χ1) is 9.24. The van der Waals surface area contributed by atoms with E-state index in [1.165, 1.54) is 5.56 Å². The zero-order valence-electron chi connectivity index (χ0n) is 12.4. The highest BCUT2D eigenvalue weighted by Gasteiger charge is 2.39. The first-order valence-electron chi connectivity index (χ1n) is 6.83. The van der Waals surface area contributed by atoms with Crippen LogP contribution in [-0.2, 0) is 17.7 Å². The Bertz CT molecular complexity index is 551. The van der Waals surface area contributed by atoms with Crippen molar-refractivity contribution in [2.24, 2.45) is 5.41 Å². The standard InChI is InChI=1S/C15H22NO4/c1-9-7-12-13(8-15(3,4)14(12)17)10(2)11(9)5-6-20-16(18)19/h7,14,17H,5-6,8H2,1-4H3,(H,18,19)/q+1/t14-/m0/s1. The molecule has 0 radical (unpaired) electrons. The molecule has 0 saturated heterocycles. The number of nitrogens with zero attached hydrogens (tertiary/aromatic N) is 1. The predicted octanol–water partition coefficient (Wildman–Crippen LogP) is 2.56. The van der Waals surface area contributed by atoms with Crippen LogP contribution < -0.4 is 0 Å². The largest absolute Gasteiger partial charge is 0.475 e. The van der Waals surface area contributed by atoms with Crippen molar-refractivity contribution in [3.05, 3.63) is 38.8 Å². The minimum absolute atomic E-state index is 0.131. The average Bonchev–Trinajstić information content (AvgIpc) is 2.56. The molecule has 0 unspecified atom stereocenters. The summed E-state index contributed by atoms with van der Waals surface area (Å²) < 4.78 is 0. The summed E-state index contributed by atoms with van der Waals surface area (Å²) in [6.45, 7) is 8.30. The van der Waals surface area contributed by atoms with Gasteiger partial charge in [0.25, 0.3) is 0 Å². The van der Waals surface area contributed by atoms with Gasteiger partial charge in [-0.15, -0.1) is 0 Å². The first-order valence-corrected chi connectivity index (χ1v) is 6.83. The van der Waals surface area contributed by atoms with Crippen LogP contribution in [0.1, 0.15) is 47.8 Å². The Morgan fingerprint density at radius 1 is 1.45 bits per heavy atom. The van der Waals surface area contributed by atoms with Crippen LogP contribution >= 0.6 is 0 Å². The van der Waals surface area contributed by atoms with Gasteiger partial charge in [-0.25, -0.2) is 5.21 Å². The normalized spacial score (nSPS) is 19.8. The molecule has 5 heteroatoms. The molecule has 0 bridgehead atoms. The SMILES string of the molecule is Cc1cc2c(c(C)c1CCO[N+](=O)O)CC(C)(C)[C@H]2O. The van der Waals surface area contributed by atoms with Gasteiger partial charge in [-0.3, -0.25) is 0 Å². The minimum Gasteiger partial charge on any atom is -0.388 e. The number of hydrogen-bond acceptors (Lipinski definition) is 3.